The minimum absolute atomic E-state index is 0.0497. The summed E-state index contributed by atoms with van der Waals surface area (Å²) in [5.74, 6) is -1.22. The second kappa shape index (κ2) is 6.55. The van der Waals surface area contributed by atoms with Crippen molar-refractivity contribution in [3.63, 3.8) is 0 Å². The Bertz CT molecular complexity index is 779. The second-order valence-corrected chi connectivity index (χ2v) is 5.66. The Hall–Kier alpha value is -1.50. The molecule has 0 aliphatic rings. The van der Waals surface area contributed by atoms with Gasteiger partial charge in [-0.3, -0.25) is 4.79 Å². The minimum atomic E-state index is -4.68. The minimum Gasteiger partial charge on any atom is -0.481 e. The topological polar surface area (TPSA) is 50.2 Å². The molecule has 0 radical (unpaired) electrons. The predicted octanol–water partition coefficient (Wildman–Crippen LogP) is 5.35. The normalized spacial score (nSPS) is 11.6. The zero-order valence-electron chi connectivity index (χ0n) is 11.1. The van der Waals surface area contributed by atoms with Crippen LogP contribution in [0.25, 0.3) is 11.3 Å². The largest absolute Gasteiger partial charge is 0.481 e. The first-order valence-corrected chi connectivity index (χ1v) is 7.17. The Balaban J connectivity index is 2.71. The van der Waals surface area contributed by atoms with Crippen LogP contribution < -0.4 is 0 Å². The van der Waals surface area contributed by atoms with E-state index < -0.39 is 24.3 Å². The summed E-state index contributed by atoms with van der Waals surface area (Å²) in [5.41, 5.74) is -1.22. The highest BCUT2D eigenvalue weighted by Crippen LogP contribution is 2.39. The summed E-state index contributed by atoms with van der Waals surface area (Å²) in [6, 6.07) is 4.45. The van der Waals surface area contributed by atoms with Crippen LogP contribution in [0.15, 0.2) is 24.3 Å². The Labute approximate surface area is 143 Å². The fraction of sp³-hybridized carbons (Fsp3) is 0.143. The van der Waals surface area contributed by atoms with Crippen molar-refractivity contribution in [2.75, 3.05) is 0 Å². The van der Waals surface area contributed by atoms with Gasteiger partial charge >= 0.3 is 12.1 Å². The van der Waals surface area contributed by atoms with E-state index in [1.165, 1.54) is 12.1 Å². The number of nitrogens with zero attached hydrogens (tertiary/aromatic N) is 1. The van der Waals surface area contributed by atoms with E-state index in [-0.39, 0.29) is 31.9 Å². The van der Waals surface area contributed by atoms with Crippen molar-refractivity contribution in [2.45, 2.75) is 12.6 Å². The highest BCUT2D eigenvalue weighted by atomic mass is 35.5. The van der Waals surface area contributed by atoms with Crippen LogP contribution in [0.3, 0.4) is 0 Å². The van der Waals surface area contributed by atoms with Crippen molar-refractivity contribution in [3.05, 3.63) is 50.6 Å². The summed E-state index contributed by atoms with van der Waals surface area (Å²) >= 11 is 17.7. The lowest BCUT2D eigenvalue weighted by molar-refractivity contribution is -0.141. The predicted molar refractivity (Wildman–Crippen MR) is 81.0 cm³/mol. The standard InChI is InChI=1S/C14H7Cl3F3NO2/c15-8-3-2-7(11(16)12(8)17)13-6(5-10(22)23)1-4-9(21-13)14(18,19)20/h1-4H,5H2,(H,22,23). The Morgan fingerprint density at radius 2 is 1.74 bits per heavy atom. The Kier molecular flexibility index (Phi) is 5.08. The molecule has 0 saturated heterocycles. The lowest BCUT2D eigenvalue weighted by Crippen LogP contribution is -2.11. The molecule has 1 heterocycles. The van der Waals surface area contributed by atoms with Crippen LogP contribution in [0.5, 0.6) is 0 Å². The molecule has 1 N–H and O–H groups in total. The van der Waals surface area contributed by atoms with Crippen LogP contribution in [-0.4, -0.2) is 16.1 Å². The number of hydrogen-bond donors (Lipinski definition) is 1. The van der Waals surface area contributed by atoms with E-state index in [0.717, 1.165) is 6.07 Å². The van der Waals surface area contributed by atoms with E-state index in [1.807, 2.05) is 0 Å². The number of halogens is 6. The fourth-order valence-corrected chi connectivity index (χ4v) is 2.52. The zero-order chi connectivity index (χ0) is 17.4. The van der Waals surface area contributed by atoms with Gasteiger partial charge in [-0.2, -0.15) is 13.2 Å². The number of aliphatic carboxylic acids is 1. The number of pyridine rings is 1. The number of carboxylic acid groups (broad SMARTS) is 1. The third-order valence-corrected chi connectivity index (χ3v) is 4.19. The highest BCUT2D eigenvalue weighted by Gasteiger charge is 2.33. The Morgan fingerprint density at radius 1 is 1.09 bits per heavy atom. The first kappa shape index (κ1) is 17.8. The number of aromatic nitrogens is 1. The van der Waals surface area contributed by atoms with Gasteiger partial charge in [-0.05, 0) is 23.8 Å². The maximum atomic E-state index is 12.9. The lowest BCUT2D eigenvalue weighted by Gasteiger charge is -2.14. The molecule has 0 bridgehead atoms. The molecular weight excluding hydrogens is 378 g/mol. The SMILES string of the molecule is O=C(O)Cc1ccc(C(F)(F)F)nc1-c1ccc(Cl)c(Cl)c1Cl. The molecule has 122 valence electrons. The number of carboxylic acids is 1. The van der Waals surface area contributed by atoms with Gasteiger partial charge in [0.15, 0.2) is 0 Å². The van der Waals surface area contributed by atoms with E-state index in [0.29, 0.717) is 6.07 Å². The lowest BCUT2D eigenvalue weighted by atomic mass is 10.0. The molecule has 0 amide bonds. The Morgan fingerprint density at radius 3 is 2.30 bits per heavy atom. The zero-order valence-corrected chi connectivity index (χ0v) is 13.4. The summed E-state index contributed by atoms with van der Waals surface area (Å²) in [4.78, 5) is 14.4. The van der Waals surface area contributed by atoms with Gasteiger partial charge in [-0.1, -0.05) is 40.9 Å². The van der Waals surface area contributed by atoms with Crippen molar-refractivity contribution in [1.29, 1.82) is 0 Å². The van der Waals surface area contributed by atoms with Crippen LogP contribution in [-0.2, 0) is 17.4 Å². The van der Waals surface area contributed by atoms with Gasteiger partial charge in [0.25, 0.3) is 0 Å². The molecule has 1 aromatic carbocycles. The number of benzene rings is 1. The third kappa shape index (κ3) is 3.88. The van der Waals surface area contributed by atoms with Crippen LogP contribution in [0.2, 0.25) is 15.1 Å². The van der Waals surface area contributed by atoms with Crippen LogP contribution >= 0.6 is 34.8 Å². The molecule has 2 aromatic rings. The molecule has 2 rings (SSSR count). The van der Waals surface area contributed by atoms with Crippen molar-refractivity contribution in [3.8, 4) is 11.3 Å². The fourth-order valence-electron chi connectivity index (χ4n) is 1.89. The first-order valence-electron chi connectivity index (χ1n) is 6.04. The first-order chi connectivity index (χ1) is 10.6. The molecule has 0 saturated carbocycles. The van der Waals surface area contributed by atoms with E-state index in [2.05, 4.69) is 4.98 Å². The molecular formula is C14H7Cl3F3NO2. The maximum absolute atomic E-state index is 12.9. The van der Waals surface area contributed by atoms with Gasteiger partial charge in [-0.15, -0.1) is 0 Å². The average molecular weight is 385 g/mol. The number of carbonyl (C=O) groups is 1. The van der Waals surface area contributed by atoms with Gasteiger partial charge in [0.05, 0.1) is 27.2 Å². The third-order valence-electron chi connectivity index (χ3n) is 2.90. The molecule has 3 nitrogen and oxygen atoms in total. The molecule has 0 atom stereocenters. The summed E-state index contributed by atoms with van der Waals surface area (Å²) in [6.07, 6.45) is -5.20. The molecule has 0 aliphatic carbocycles. The molecule has 0 unspecified atom stereocenters. The smallest absolute Gasteiger partial charge is 0.433 e. The monoisotopic (exact) mass is 383 g/mol. The van der Waals surface area contributed by atoms with Crippen molar-refractivity contribution in [1.82, 2.24) is 4.98 Å². The van der Waals surface area contributed by atoms with Crippen LogP contribution in [0.1, 0.15) is 11.3 Å². The molecule has 0 aliphatic heterocycles. The van der Waals surface area contributed by atoms with Crippen molar-refractivity contribution < 1.29 is 23.1 Å². The van der Waals surface area contributed by atoms with E-state index in [9.17, 15) is 18.0 Å². The van der Waals surface area contributed by atoms with Gasteiger partial charge in [-0.25, -0.2) is 4.98 Å². The van der Waals surface area contributed by atoms with Crippen LogP contribution in [0, 0.1) is 0 Å². The number of hydrogen-bond acceptors (Lipinski definition) is 2. The molecule has 0 fully saturated rings. The van der Waals surface area contributed by atoms with Gasteiger partial charge in [0.1, 0.15) is 5.69 Å². The highest BCUT2D eigenvalue weighted by molar-refractivity contribution is 6.49. The van der Waals surface area contributed by atoms with Gasteiger partial charge in [0.2, 0.25) is 0 Å². The van der Waals surface area contributed by atoms with E-state index in [1.54, 1.807) is 0 Å². The van der Waals surface area contributed by atoms with Gasteiger partial charge < -0.3 is 5.11 Å². The van der Waals surface area contributed by atoms with Crippen molar-refractivity contribution in [2.24, 2.45) is 0 Å². The summed E-state index contributed by atoms with van der Waals surface area (Å²) < 4.78 is 38.6. The molecule has 1 aromatic heterocycles. The second-order valence-electron chi connectivity index (χ2n) is 4.50. The number of alkyl halides is 3. The molecule has 0 spiro atoms. The van der Waals surface area contributed by atoms with E-state index >= 15 is 0 Å². The summed E-state index contributed by atoms with van der Waals surface area (Å²) in [7, 11) is 0. The quantitative estimate of drug-likeness (QED) is 0.725. The summed E-state index contributed by atoms with van der Waals surface area (Å²) in [5, 5.41) is 8.87. The maximum Gasteiger partial charge on any atom is 0.433 e. The van der Waals surface area contributed by atoms with E-state index in [4.69, 9.17) is 39.9 Å². The summed E-state index contributed by atoms with van der Waals surface area (Å²) in [6.45, 7) is 0. The van der Waals surface area contributed by atoms with Crippen LogP contribution in [0.4, 0.5) is 13.2 Å². The molecule has 23 heavy (non-hydrogen) atoms. The molecule has 9 heteroatoms. The van der Waals surface area contributed by atoms with Gasteiger partial charge in [0, 0.05) is 5.56 Å². The number of rotatable bonds is 3. The average Bonchev–Trinajstić information content (AvgIpc) is 2.44. The van der Waals surface area contributed by atoms with Crippen molar-refractivity contribution >= 4 is 40.8 Å².